The summed E-state index contributed by atoms with van der Waals surface area (Å²) in [6.45, 7) is 4.77. The first-order chi connectivity index (χ1) is 15.9. The topological polar surface area (TPSA) is 54.3 Å². The van der Waals surface area contributed by atoms with Crippen molar-refractivity contribution in [1.82, 2.24) is 14.8 Å². The first-order valence-corrected chi connectivity index (χ1v) is 13.1. The molecule has 5 rings (SSSR count). The smallest absolute Gasteiger partial charge is 0.271 e. The maximum Gasteiger partial charge on any atom is 0.271 e. The molecule has 0 spiro atoms. The van der Waals surface area contributed by atoms with E-state index in [1.165, 1.54) is 11.3 Å². The third kappa shape index (κ3) is 3.97. The van der Waals surface area contributed by atoms with Gasteiger partial charge in [0.25, 0.3) is 5.91 Å². The highest BCUT2D eigenvalue weighted by Gasteiger charge is 2.48. The number of rotatable bonds is 5. The molecular formula is C26H30ClN3O2S. The summed E-state index contributed by atoms with van der Waals surface area (Å²) in [4.78, 5) is 30.7. The first kappa shape index (κ1) is 22.5. The van der Waals surface area contributed by atoms with E-state index in [9.17, 15) is 9.59 Å². The Hall–Kier alpha value is -2.31. The number of halogens is 1. The molecule has 174 valence electrons. The summed E-state index contributed by atoms with van der Waals surface area (Å²) >= 11 is 8.18. The molecule has 3 heterocycles. The minimum absolute atomic E-state index is 0.0757. The average Bonchev–Trinajstić information content (AvgIpc) is 3.37. The van der Waals surface area contributed by atoms with Crippen molar-refractivity contribution in [2.24, 2.45) is 0 Å². The minimum atomic E-state index is -1.01. The lowest BCUT2D eigenvalue weighted by atomic mass is 9.91. The predicted molar refractivity (Wildman–Crippen MR) is 134 cm³/mol. The van der Waals surface area contributed by atoms with Crippen molar-refractivity contribution in [1.29, 1.82) is 0 Å². The Kier molecular flexibility index (Phi) is 6.00. The number of aromatic nitrogens is 1. The van der Waals surface area contributed by atoms with E-state index in [0.717, 1.165) is 47.9 Å². The number of amides is 2. The van der Waals surface area contributed by atoms with E-state index in [0.29, 0.717) is 23.8 Å². The SMILES string of the molecule is CCc1cc2c(cc3n2C[C@@](C)(C(=O)NC2CCCCC2)N(Cc2ccccc2Cl)C3=O)s1. The number of hydrogen-bond donors (Lipinski definition) is 1. The number of aryl methyl sites for hydroxylation is 1. The van der Waals surface area contributed by atoms with E-state index < -0.39 is 5.54 Å². The van der Waals surface area contributed by atoms with Crippen LogP contribution in [0, 0.1) is 0 Å². The summed E-state index contributed by atoms with van der Waals surface area (Å²) < 4.78 is 3.15. The van der Waals surface area contributed by atoms with E-state index in [4.69, 9.17) is 11.6 Å². The second-order valence-electron chi connectivity index (χ2n) is 9.50. The van der Waals surface area contributed by atoms with Gasteiger partial charge in [0, 0.05) is 22.5 Å². The van der Waals surface area contributed by atoms with Crippen LogP contribution in [0.25, 0.3) is 10.2 Å². The van der Waals surface area contributed by atoms with Gasteiger partial charge in [0.15, 0.2) is 0 Å². The van der Waals surface area contributed by atoms with Crippen molar-refractivity contribution in [3.8, 4) is 0 Å². The van der Waals surface area contributed by atoms with Crippen LogP contribution in [0.15, 0.2) is 36.4 Å². The van der Waals surface area contributed by atoms with Crippen molar-refractivity contribution in [2.75, 3.05) is 0 Å². The highest BCUT2D eigenvalue weighted by atomic mass is 35.5. The third-order valence-corrected chi connectivity index (χ3v) is 8.82. The minimum Gasteiger partial charge on any atom is -0.351 e. The van der Waals surface area contributed by atoms with Gasteiger partial charge in [-0.2, -0.15) is 0 Å². The van der Waals surface area contributed by atoms with Crippen LogP contribution in [0.5, 0.6) is 0 Å². The summed E-state index contributed by atoms with van der Waals surface area (Å²) in [5.41, 5.74) is 1.53. The number of thiophene rings is 1. The number of nitrogens with one attached hydrogen (secondary N) is 1. The van der Waals surface area contributed by atoms with E-state index in [1.54, 1.807) is 16.2 Å². The quantitative estimate of drug-likeness (QED) is 0.500. The summed E-state index contributed by atoms with van der Waals surface area (Å²) in [6.07, 6.45) is 6.47. The number of nitrogens with zero attached hydrogens (tertiary/aromatic N) is 2. The van der Waals surface area contributed by atoms with Gasteiger partial charge in [-0.3, -0.25) is 9.59 Å². The summed E-state index contributed by atoms with van der Waals surface area (Å²) in [5.74, 6) is -0.197. The van der Waals surface area contributed by atoms with Crippen molar-refractivity contribution in [2.45, 2.75) is 77.0 Å². The number of fused-ring (bicyclic) bond motifs is 3. The zero-order valence-electron chi connectivity index (χ0n) is 19.2. The van der Waals surface area contributed by atoms with Crippen LogP contribution in [0.2, 0.25) is 5.02 Å². The van der Waals surface area contributed by atoms with Crippen molar-refractivity contribution >= 4 is 45.0 Å². The molecule has 0 unspecified atom stereocenters. The average molecular weight is 484 g/mol. The van der Waals surface area contributed by atoms with Gasteiger partial charge in [-0.05, 0) is 49.9 Å². The fourth-order valence-corrected chi connectivity index (χ4v) is 6.43. The maximum absolute atomic E-state index is 13.9. The molecule has 1 aromatic carbocycles. The fraction of sp³-hybridized carbons (Fsp3) is 0.462. The zero-order chi connectivity index (χ0) is 23.2. The highest BCUT2D eigenvalue weighted by Crippen LogP contribution is 2.37. The molecule has 1 aliphatic carbocycles. The standard InChI is InChI=1S/C26H30ClN3O2S/c1-3-19-13-21-23(33-19)14-22-24(31)30(15-17-9-7-8-12-20(17)27)26(2,16-29(21)22)25(32)28-18-10-5-4-6-11-18/h7-9,12-14,18H,3-6,10-11,15-16H2,1-2H3,(H,28,32)/t26-/m0/s1. The highest BCUT2D eigenvalue weighted by molar-refractivity contribution is 7.19. The first-order valence-electron chi connectivity index (χ1n) is 11.9. The largest absolute Gasteiger partial charge is 0.351 e. The normalized spacial score (nSPS) is 21.4. The van der Waals surface area contributed by atoms with Gasteiger partial charge in [-0.15, -0.1) is 11.3 Å². The Labute approximate surface area is 203 Å². The molecule has 1 atom stereocenters. The summed E-state index contributed by atoms with van der Waals surface area (Å²) in [6, 6.07) is 11.9. The molecule has 0 bridgehead atoms. The Morgan fingerprint density at radius 1 is 1.21 bits per heavy atom. The molecule has 33 heavy (non-hydrogen) atoms. The van der Waals surface area contributed by atoms with Gasteiger partial charge in [-0.1, -0.05) is 56.0 Å². The van der Waals surface area contributed by atoms with Crippen molar-refractivity contribution < 1.29 is 9.59 Å². The predicted octanol–water partition coefficient (Wildman–Crippen LogP) is 5.78. The number of carbonyl (C=O) groups is 2. The zero-order valence-corrected chi connectivity index (χ0v) is 20.8. The molecule has 0 saturated heterocycles. The van der Waals surface area contributed by atoms with Crippen LogP contribution in [-0.4, -0.2) is 32.9 Å². The molecule has 1 aliphatic heterocycles. The number of carbonyl (C=O) groups excluding carboxylic acids is 2. The lowest BCUT2D eigenvalue weighted by molar-refractivity contribution is -0.134. The Morgan fingerprint density at radius 3 is 2.70 bits per heavy atom. The van der Waals surface area contributed by atoms with Crippen LogP contribution in [0.3, 0.4) is 0 Å². The van der Waals surface area contributed by atoms with E-state index >= 15 is 0 Å². The molecule has 1 N–H and O–H groups in total. The lowest BCUT2D eigenvalue weighted by Crippen LogP contribution is -2.64. The van der Waals surface area contributed by atoms with Crippen LogP contribution in [0.1, 0.15) is 66.9 Å². The molecular weight excluding hydrogens is 454 g/mol. The second kappa shape index (κ2) is 8.80. The lowest BCUT2D eigenvalue weighted by Gasteiger charge is -2.45. The molecule has 1 fully saturated rings. The Morgan fingerprint density at radius 2 is 1.97 bits per heavy atom. The fourth-order valence-electron chi connectivity index (χ4n) is 5.20. The van der Waals surface area contributed by atoms with Crippen molar-refractivity contribution in [3.63, 3.8) is 0 Å². The molecule has 0 radical (unpaired) electrons. The van der Waals surface area contributed by atoms with Crippen LogP contribution in [-0.2, 0) is 24.3 Å². The second-order valence-corrected chi connectivity index (χ2v) is 11.1. The van der Waals surface area contributed by atoms with Crippen LogP contribution < -0.4 is 5.32 Å². The molecule has 5 nitrogen and oxygen atoms in total. The summed E-state index contributed by atoms with van der Waals surface area (Å²) in [7, 11) is 0. The molecule has 3 aromatic rings. The number of benzene rings is 1. The molecule has 1 saturated carbocycles. The van der Waals surface area contributed by atoms with Gasteiger partial charge in [0.1, 0.15) is 11.2 Å². The molecule has 2 aliphatic rings. The van der Waals surface area contributed by atoms with Gasteiger partial charge in [-0.25, -0.2) is 0 Å². The van der Waals surface area contributed by atoms with Crippen LogP contribution >= 0.6 is 22.9 Å². The maximum atomic E-state index is 13.9. The monoisotopic (exact) mass is 483 g/mol. The molecule has 7 heteroatoms. The third-order valence-electron chi connectivity index (χ3n) is 7.23. The van der Waals surface area contributed by atoms with Gasteiger partial charge < -0.3 is 14.8 Å². The van der Waals surface area contributed by atoms with Gasteiger partial charge >= 0.3 is 0 Å². The van der Waals surface area contributed by atoms with Crippen LogP contribution in [0.4, 0.5) is 0 Å². The van der Waals surface area contributed by atoms with Crippen molar-refractivity contribution in [3.05, 3.63) is 57.6 Å². The van der Waals surface area contributed by atoms with Gasteiger partial charge in [0.2, 0.25) is 5.91 Å². The summed E-state index contributed by atoms with van der Waals surface area (Å²) in [5, 5.41) is 3.90. The van der Waals surface area contributed by atoms with E-state index in [1.807, 2.05) is 37.3 Å². The molecule has 2 aromatic heterocycles. The van der Waals surface area contributed by atoms with Gasteiger partial charge in [0.05, 0.1) is 16.8 Å². The Bertz CT molecular complexity index is 1210. The van der Waals surface area contributed by atoms with E-state index in [-0.39, 0.29) is 17.9 Å². The Balaban J connectivity index is 1.55. The van der Waals surface area contributed by atoms with E-state index in [2.05, 4.69) is 22.9 Å². The molecule has 2 amide bonds. The number of hydrogen-bond acceptors (Lipinski definition) is 3.